The van der Waals surface area contributed by atoms with Crippen molar-refractivity contribution in [2.24, 2.45) is 5.10 Å². The topological polar surface area (TPSA) is 59.9 Å². The number of carbonyl (C=O) groups excluding carboxylic acids is 1. The summed E-state index contributed by atoms with van der Waals surface area (Å²) in [5.41, 5.74) is 3.33. The third-order valence-electron chi connectivity index (χ3n) is 3.08. The third kappa shape index (κ3) is 5.70. The van der Waals surface area contributed by atoms with Gasteiger partial charge in [-0.25, -0.2) is 5.43 Å². The van der Waals surface area contributed by atoms with Gasteiger partial charge in [-0.05, 0) is 67.9 Å². The minimum atomic E-state index is -0.649. The van der Waals surface area contributed by atoms with Gasteiger partial charge in [0.2, 0.25) is 0 Å². The van der Waals surface area contributed by atoms with Gasteiger partial charge >= 0.3 is 0 Å². The first-order chi connectivity index (χ1) is 11.6. The quantitative estimate of drug-likeness (QED) is 0.578. The molecule has 24 heavy (non-hydrogen) atoms. The standard InChI is InChI=1S/C18H19BrN2O3/c1-3-23-16-8-4-14(5-9-16)12-20-21-18(22)13(2)24-17-10-6-15(19)7-11-17/h4-13H,3H2,1-2H3,(H,21,22)/b20-12-/t13-/m0/s1. The molecule has 5 nitrogen and oxygen atoms in total. The van der Waals surface area contributed by atoms with Gasteiger partial charge in [-0.15, -0.1) is 0 Å². The van der Waals surface area contributed by atoms with Crippen molar-refractivity contribution in [2.45, 2.75) is 20.0 Å². The van der Waals surface area contributed by atoms with Crippen molar-refractivity contribution in [3.05, 3.63) is 58.6 Å². The summed E-state index contributed by atoms with van der Waals surface area (Å²) in [6, 6.07) is 14.7. The Balaban J connectivity index is 1.83. The van der Waals surface area contributed by atoms with Crippen LogP contribution in [0.25, 0.3) is 0 Å². The smallest absolute Gasteiger partial charge is 0.280 e. The normalized spacial score (nSPS) is 12.0. The van der Waals surface area contributed by atoms with Crippen LogP contribution in [0.1, 0.15) is 19.4 Å². The summed E-state index contributed by atoms with van der Waals surface area (Å²) in [6.07, 6.45) is 0.920. The van der Waals surface area contributed by atoms with Crippen LogP contribution in [0.4, 0.5) is 0 Å². The molecule has 6 heteroatoms. The first-order valence-electron chi connectivity index (χ1n) is 7.56. The fourth-order valence-corrected chi connectivity index (χ4v) is 2.11. The van der Waals surface area contributed by atoms with Crippen molar-refractivity contribution in [1.82, 2.24) is 5.43 Å². The van der Waals surface area contributed by atoms with E-state index in [0.717, 1.165) is 15.8 Å². The molecule has 0 unspecified atom stereocenters. The van der Waals surface area contributed by atoms with Crippen LogP contribution in [0.3, 0.4) is 0 Å². The minimum absolute atomic E-state index is 0.319. The number of nitrogens with one attached hydrogen (secondary N) is 1. The average molecular weight is 391 g/mol. The van der Waals surface area contributed by atoms with Crippen LogP contribution in [0, 0.1) is 0 Å². The fourth-order valence-electron chi connectivity index (χ4n) is 1.85. The van der Waals surface area contributed by atoms with Crippen molar-refractivity contribution in [3.8, 4) is 11.5 Å². The van der Waals surface area contributed by atoms with E-state index in [1.165, 1.54) is 0 Å². The molecule has 2 rings (SSSR count). The molecule has 0 aliphatic carbocycles. The Bertz CT molecular complexity index is 684. The summed E-state index contributed by atoms with van der Waals surface area (Å²) in [4.78, 5) is 12.0. The predicted octanol–water partition coefficient (Wildman–Crippen LogP) is 3.77. The maximum absolute atomic E-state index is 12.0. The van der Waals surface area contributed by atoms with Crippen LogP contribution in [-0.2, 0) is 4.79 Å². The number of hydrazone groups is 1. The maximum atomic E-state index is 12.0. The van der Waals surface area contributed by atoms with Crippen LogP contribution in [0.15, 0.2) is 58.1 Å². The molecule has 0 radical (unpaired) electrons. The number of halogens is 1. The number of hydrogen-bond acceptors (Lipinski definition) is 4. The van der Waals surface area contributed by atoms with Crippen molar-refractivity contribution in [2.75, 3.05) is 6.61 Å². The predicted molar refractivity (Wildman–Crippen MR) is 97.6 cm³/mol. The molecule has 126 valence electrons. The number of ether oxygens (including phenoxy) is 2. The number of amides is 1. The number of benzene rings is 2. The lowest BCUT2D eigenvalue weighted by Crippen LogP contribution is -2.33. The van der Waals surface area contributed by atoms with Crippen LogP contribution in [-0.4, -0.2) is 24.8 Å². The number of nitrogens with zero attached hydrogens (tertiary/aromatic N) is 1. The Hall–Kier alpha value is -2.34. The second-order valence-corrected chi connectivity index (χ2v) is 5.87. The molecule has 0 spiro atoms. The molecule has 0 bridgehead atoms. The van der Waals surface area contributed by atoms with Gasteiger partial charge in [-0.1, -0.05) is 15.9 Å². The molecule has 2 aromatic rings. The Labute approximate surface area is 149 Å². The van der Waals surface area contributed by atoms with Gasteiger partial charge in [0, 0.05) is 4.47 Å². The SMILES string of the molecule is CCOc1ccc(/C=N\NC(=O)[C@H](C)Oc2ccc(Br)cc2)cc1. The van der Waals surface area contributed by atoms with E-state index in [2.05, 4.69) is 26.5 Å². The van der Waals surface area contributed by atoms with Gasteiger partial charge in [0.05, 0.1) is 12.8 Å². The largest absolute Gasteiger partial charge is 0.494 e. The van der Waals surface area contributed by atoms with Gasteiger partial charge in [0.1, 0.15) is 11.5 Å². The molecule has 0 aromatic heterocycles. The lowest BCUT2D eigenvalue weighted by Gasteiger charge is -2.12. The summed E-state index contributed by atoms with van der Waals surface area (Å²) in [5, 5.41) is 3.94. The second kappa shape index (κ2) is 9.08. The highest BCUT2D eigenvalue weighted by atomic mass is 79.9. The van der Waals surface area contributed by atoms with Crippen molar-refractivity contribution in [1.29, 1.82) is 0 Å². The van der Waals surface area contributed by atoms with Gasteiger partial charge < -0.3 is 9.47 Å². The van der Waals surface area contributed by atoms with Gasteiger partial charge in [-0.2, -0.15) is 5.10 Å². The second-order valence-electron chi connectivity index (χ2n) is 4.95. The Morgan fingerprint density at radius 3 is 2.42 bits per heavy atom. The van der Waals surface area contributed by atoms with Gasteiger partial charge in [-0.3, -0.25) is 4.79 Å². The Kier molecular flexibility index (Phi) is 6.81. The zero-order valence-corrected chi connectivity index (χ0v) is 15.1. The monoisotopic (exact) mass is 390 g/mol. The van der Waals surface area contributed by atoms with E-state index in [4.69, 9.17) is 9.47 Å². The maximum Gasteiger partial charge on any atom is 0.280 e. The summed E-state index contributed by atoms with van der Waals surface area (Å²) < 4.78 is 11.9. The molecule has 1 atom stereocenters. The molecule has 0 heterocycles. The molecule has 0 aliphatic heterocycles. The fraction of sp³-hybridized carbons (Fsp3) is 0.222. The highest BCUT2D eigenvalue weighted by molar-refractivity contribution is 9.10. The number of hydrogen-bond donors (Lipinski definition) is 1. The minimum Gasteiger partial charge on any atom is -0.494 e. The first-order valence-corrected chi connectivity index (χ1v) is 8.36. The highest BCUT2D eigenvalue weighted by Gasteiger charge is 2.13. The van der Waals surface area contributed by atoms with Crippen molar-refractivity contribution < 1.29 is 14.3 Å². The molecule has 1 N–H and O–H groups in total. The molecule has 0 saturated carbocycles. The Morgan fingerprint density at radius 2 is 1.79 bits per heavy atom. The van der Waals surface area contributed by atoms with Crippen LogP contribution in [0.5, 0.6) is 11.5 Å². The van der Waals surface area contributed by atoms with Gasteiger partial charge in [0.15, 0.2) is 6.10 Å². The molecular weight excluding hydrogens is 372 g/mol. The first kappa shape index (κ1) is 18.0. The molecule has 1 amide bonds. The zero-order valence-electron chi connectivity index (χ0n) is 13.5. The lowest BCUT2D eigenvalue weighted by molar-refractivity contribution is -0.127. The molecule has 0 saturated heterocycles. The average Bonchev–Trinajstić information content (AvgIpc) is 2.58. The van der Waals surface area contributed by atoms with E-state index in [1.54, 1.807) is 25.3 Å². The van der Waals surface area contributed by atoms with E-state index in [1.807, 2.05) is 43.3 Å². The third-order valence-corrected chi connectivity index (χ3v) is 3.60. The molecular formula is C18H19BrN2O3. The van der Waals surface area contributed by atoms with E-state index >= 15 is 0 Å². The van der Waals surface area contributed by atoms with Gasteiger partial charge in [0.25, 0.3) is 5.91 Å². The van der Waals surface area contributed by atoms with Crippen molar-refractivity contribution in [3.63, 3.8) is 0 Å². The van der Waals surface area contributed by atoms with Crippen LogP contribution >= 0.6 is 15.9 Å². The van der Waals surface area contributed by atoms with Crippen LogP contribution in [0.2, 0.25) is 0 Å². The van der Waals surface area contributed by atoms with Crippen molar-refractivity contribution >= 4 is 28.1 Å². The van der Waals surface area contributed by atoms with E-state index in [-0.39, 0.29) is 5.91 Å². The highest BCUT2D eigenvalue weighted by Crippen LogP contribution is 2.17. The zero-order chi connectivity index (χ0) is 17.4. The summed E-state index contributed by atoms with van der Waals surface area (Å²) in [5.74, 6) is 1.10. The lowest BCUT2D eigenvalue weighted by atomic mass is 10.2. The van der Waals surface area contributed by atoms with Crippen LogP contribution < -0.4 is 14.9 Å². The molecule has 0 aliphatic rings. The van der Waals surface area contributed by atoms with E-state index < -0.39 is 6.10 Å². The summed E-state index contributed by atoms with van der Waals surface area (Å²) >= 11 is 3.35. The summed E-state index contributed by atoms with van der Waals surface area (Å²) in [6.45, 7) is 4.23. The summed E-state index contributed by atoms with van der Waals surface area (Å²) in [7, 11) is 0. The van der Waals surface area contributed by atoms with E-state index in [0.29, 0.717) is 12.4 Å². The molecule has 0 fully saturated rings. The van der Waals surface area contributed by atoms with E-state index in [9.17, 15) is 4.79 Å². The number of rotatable bonds is 7. The Morgan fingerprint density at radius 1 is 1.17 bits per heavy atom. The number of carbonyl (C=O) groups is 1. The molecule has 2 aromatic carbocycles.